The number of amides is 1. The van der Waals surface area contributed by atoms with Gasteiger partial charge in [-0.05, 0) is 48.2 Å². The minimum atomic E-state index is -0.0341. The Kier molecular flexibility index (Phi) is 7.71. The fraction of sp³-hybridized carbons (Fsp3) is 0.417. The van der Waals surface area contributed by atoms with Crippen molar-refractivity contribution >= 4 is 17.6 Å². The fourth-order valence-corrected chi connectivity index (χ4v) is 3.21. The summed E-state index contributed by atoms with van der Waals surface area (Å²) in [6.07, 6.45) is 1.93. The van der Waals surface area contributed by atoms with E-state index in [1.165, 1.54) is 11.1 Å². The molecule has 0 spiro atoms. The van der Waals surface area contributed by atoms with E-state index in [1.807, 2.05) is 38.1 Å². The molecule has 3 rings (SSSR count). The van der Waals surface area contributed by atoms with E-state index in [0.717, 1.165) is 55.5 Å². The largest absolute Gasteiger partial charge is 0.493 e. The summed E-state index contributed by atoms with van der Waals surface area (Å²) in [6.45, 7) is 8.81. The Labute approximate surface area is 179 Å². The van der Waals surface area contributed by atoms with E-state index < -0.39 is 0 Å². The van der Waals surface area contributed by atoms with E-state index in [1.54, 1.807) is 0 Å². The SMILES string of the molecule is CCNC(=NCc1ccc(NC(=O)C(C)C)cc1)NCCc1ccc2c(c1)CCO2. The molecule has 0 aromatic heterocycles. The lowest BCUT2D eigenvalue weighted by molar-refractivity contribution is -0.118. The average molecular weight is 409 g/mol. The zero-order valence-corrected chi connectivity index (χ0v) is 18.1. The van der Waals surface area contributed by atoms with Crippen LogP contribution in [0.1, 0.15) is 37.5 Å². The van der Waals surface area contributed by atoms with E-state index >= 15 is 0 Å². The number of nitrogens with zero attached hydrogens (tertiary/aromatic N) is 1. The van der Waals surface area contributed by atoms with Gasteiger partial charge in [0.25, 0.3) is 0 Å². The summed E-state index contributed by atoms with van der Waals surface area (Å²) in [5.74, 6) is 1.82. The van der Waals surface area contributed by atoms with E-state index in [0.29, 0.717) is 6.54 Å². The lowest BCUT2D eigenvalue weighted by Gasteiger charge is -2.12. The Morgan fingerprint density at radius 3 is 2.60 bits per heavy atom. The van der Waals surface area contributed by atoms with Crippen LogP contribution in [0.5, 0.6) is 5.75 Å². The first kappa shape index (κ1) is 21.7. The van der Waals surface area contributed by atoms with Gasteiger partial charge in [0.15, 0.2) is 5.96 Å². The number of fused-ring (bicyclic) bond motifs is 1. The molecule has 6 heteroatoms. The van der Waals surface area contributed by atoms with Crippen LogP contribution in [0.2, 0.25) is 0 Å². The summed E-state index contributed by atoms with van der Waals surface area (Å²) in [4.78, 5) is 16.5. The van der Waals surface area contributed by atoms with Crippen molar-refractivity contribution in [2.75, 3.05) is 25.0 Å². The molecule has 30 heavy (non-hydrogen) atoms. The molecule has 160 valence electrons. The van der Waals surface area contributed by atoms with Gasteiger partial charge >= 0.3 is 0 Å². The van der Waals surface area contributed by atoms with Gasteiger partial charge in [-0.2, -0.15) is 0 Å². The number of carbonyl (C=O) groups is 1. The summed E-state index contributed by atoms with van der Waals surface area (Å²) >= 11 is 0. The number of hydrogen-bond acceptors (Lipinski definition) is 3. The zero-order chi connectivity index (χ0) is 21.3. The standard InChI is InChI=1S/C24H32N4O2/c1-4-25-24(26-13-11-18-7-10-22-20(15-18)12-14-30-22)27-16-19-5-8-21(9-6-19)28-23(29)17(2)3/h5-10,15,17H,4,11-14,16H2,1-3H3,(H,28,29)(H2,25,26,27). The number of guanidine groups is 1. The highest BCUT2D eigenvalue weighted by atomic mass is 16.5. The maximum absolute atomic E-state index is 11.8. The van der Waals surface area contributed by atoms with Gasteiger partial charge in [0.1, 0.15) is 5.75 Å². The van der Waals surface area contributed by atoms with Gasteiger partial charge in [-0.3, -0.25) is 4.79 Å². The lowest BCUT2D eigenvalue weighted by Crippen LogP contribution is -2.38. The summed E-state index contributed by atoms with van der Waals surface area (Å²) < 4.78 is 5.57. The van der Waals surface area contributed by atoms with Crippen LogP contribution < -0.4 is 20.7 Å². The second kappa shape index (κ2) is 10.7. The van der Waals surface area contributed by atoms with E-state index in [9.17, 15) is 4.79 Å². The molecule has 0 bridgehead atoms. The first-order chi connectivity index (χ1) is 14.5. The van der Waals surface area contributed by atoms with Crippen molar-refractivity contribution in [3.05, 3.63) is 59.2 Å². The number of benzene rings is 2. The normalized spacial score (nSPS) is 13.0. The topological polar surface area (TPSA) is 74.8 Å². The minimum absolute atomic E-state index is 0.0234. The molecule has 3 N–H and O–H groups in total. The van der Waals surface area contributed by atoms with Gasteiger partial charge < -0.3 is 20.7 Å². The van der Waals surface area contributed by atoms with Crippen LogP contribution in [0.15, 0.2) is 47.5 Å². The van der Waals surface area contributed by atoms with Crippen molar-refractivity contribution in [3.8, 4) is 5.75 Å². The number of rotatable bonds is 8. The molecule has 0 saturated heterocycles. The van der Waals surface area contributed by atoms with Crippen molar-refractivity contribution < 1.29 is 9.53 Å². The summed E-state index contributed by atoms with van der Waals surface area (Å²) in [6, 6.07) is 14.3. The number of anilines is 1. The smallest absolute Gasteiger partial charge is 0.226 e. The Morgan fingerprint density at radius 2 is 1.87 bits per heavy atom. The second-order valence-electron chi connectivity index (χ2n) is 7.75. The molecule has 6 nitrogen and oxygen atoms in total. The van der Waals surface area contributed by atoms with Crippen molar-refractivity contribution in [1.82, 2.24) is 10.6 Å². The van der Waals surface area contributed by atoms with Crippen LogP contribution in [-0.4, -0.2) is 31.6 Å². The molecule has 1 heterocycles. The molecule has 1 aliphatic heterocycles. The van der Waals surface area contributed by atoms with Crippen LogP contribution in [0.4, 0.5) is 5.69 Å². The first-order valence-corrected chi connectivity index (χ1v) is 10.7. The third-order valence-corrected chi connectivity index (χ3v) is 4.97. The summed E-state index contributed by atoms with van der Waals surface area (Å²) in [5.41, 5.74) is 4.52. The highest BCUT2D eigenvalue weighted by molar-refractivity contribution is 5.92. The molecular formula is C24H32N4O2. The molecule has 0 atom stereocenters. The van der Waals surface area contributed by atoms with Gasteiger partial charge in [-0.1, -0.05) is 38.1 Å². The molecule has 0 unspecified atom stereocenters. The molecule has 0 saturated carbocycles. The monoisotopic (exact) mass is 408 g/mol. The fourth-order valence-electron chi connectivity index (χ4n) is 3.21. The second-order valence-corrected chi connectivity index (χ2v) is 7.75. The maximum atomic E-state index is 11.8. The van der Waals surface area contributed by atoms with Crippen LogP contribution in [-0.2, 0) is 24.2 Å². The Balaban J connectivity index is 1.50. The highest BCUT2D eigenvalue weighted by Crippen LogP contribution is 2.25. The lowest BCUT2D eigenvalue weighted by atomic mass is 10.1. The summed E-state index contributed by atoms with van der Waals surface area (Å²) in [7, 11) is 0. The van der Waals surface area contributed by atoms with Crippen LogP contribution in [0, 0.1) is 5.92 Å². The number of hydrogen-bond donors (Lipinski definition) is 3. The number of aliphatic imine (C=N–C) groups is 1. The predicted molar refractivity (Wildman–Crippen MR) is 122 cm³/mol. The van der Waals surface area contributed by atoms with Gasteiger partial charge in [0, 0.05) is 31.1 Å². The number of nitrogens with one attached hydrogen (secondary N) is 3. The molecule has 0 aliphatic carbocycles. The van der Waals surface area contributed by atoms with Crippen molar-refractivity contribution in [3.63, 3.8) is 0 Å². The maximum Gasteiger partial charge on any atom is 0.226 e. The van der Waals surface area contributed by atoms with E-state index in [-0.39, 0.29) is 11.8 Å². The highest BCUT2D eigenvalue weighted by Gasteiger charge is 2.12. The molecule has 0 radical (unpaired) electrons. The minimum Gasteiger partial charge on any atom is -0.493 e. The van der Waals surface area contributed by atoms with E-state index in [2.05, 4.69) is 46.1 Å². The Hall–Kier alpha value is -3.02. The number of carbonyl (C=O) groups excluding carboxylic acids is 1. The molecule has 1 aliphatic rings. The van der Waals surface area contributed by atoms with Gasteiger partial charge in [-0.15, -0.1) is 0 Å². The van der Waals surface area contributed by atoms with Crippen molar-refractivity contribution in [2.24, 2.45) is 10.9 Å². The third kappa shape index (κ3) is 6.24. The first-order valence-electron chi connectivity index (χ1n) is 10.7. The zero-order valence-electron chi connectivity index (χ0n) is 18.1. The number of ether oxygens (including phenoxy) is 1. The predicted octanol–water partition coefficient (Wildman–Crippen LogP) is 3.51. The van der Waals surface area contributed by atoms with Crippen molar-refractivity contribution in [1.29, 1.82) is 0 Å². The molecule has 1 amide bonds. The van der Waals surface area contributed by atoms with Crippen LogP contribution in [0.25, 0.3) is 0 Å². The van der Waals surface area contributed by atoms with Gasteiger partial charge in [-0.25, -0.2) is 4.99 Å². The molecule has 2 aromatic rings. The Bertz CT molecular complexity index is 875. The third-order valence-electron chi connectivity index (χ3n) is 4.97. The molecule has 0 fully saturated rings. The van der Waals surface area contributed by atoms with Crippen molar-refractivity contribution in [2.45, 2.75) is 40.2 Å². The quantitative estimate of drug-likeness (QED) is 0.462. The van der Waals surface area contributed by atoms with Gasteiger partial charge in [0.2, 0.25) is 5.91 Å². The summed E-state index contributed by atoms with van der Waals surface area (Å²) in [5, 5.41) is 9.61. The molecular weight excluding hydrogens is 376 g/mol. The molecule has 2 aromatic carbocycles. The average Bonchev–Trinajstić information content (AvgIpc) is 3.21. The Morgan fingerprint density at radius 1 is 1.10 bits per heavy atom. The van der Waals surface area contributed by atoms with E-state index in [4.69, 9.17) is 4.74 Å². The van der Waals surface area contributed by atoms with Crippen LogP contribution in [0.3, 0.4) is 0 Å². The van der Waals surface area contributed by atoms with Crippen LogP contribution >= 0.6 is 0 Å². The van der Waals surface area contributed by atoms with Gasteiger partial charge in [0.05, 0.1) is 13.2 Å².